The van der Waals surface area contributed by atoms with Crippen LogP contribution in [0.25, 0.3) is 0 Å². The van der Waals surface area contributed by atoms with Gasteiger partial charge >= 0.3 is 0 Å². The van der Waals surface area contributed by atoms with Crippen LogP contribution in [0.3, 0.4) is 0 Å². The van der Waals surface area contributed by atoms with Gasteiger partial charge in [-0.3, -0.25) is 4.99 Å². The standard InChI is InChI=1S/C10H14N.C2H6.Re/c1-3-4-10-6-5-9(2)7-11-8-10;1-2;/h5-8H,3-4H2,1-2H3;1-2H3;/q-1;;. The second-order valence-electron chi connectivity index (χ2n) is 2.81. The summed E-state index contributed by atoms with van der Waals surface area (Å²) >= 11 is 0. The van der Waals surface area contributed by atoms with Crippen LogP contribution in [-0.2, 0) is 20.4 Å². The minimum absolute atomic E-state index is 0. The molecule has 0 aromatic carbocycles. The maximum Gasteiger partial charge on any atom is 0.0104 e. The van der Waals surface area contributed by atoms with Gasteiger partial charge in [-0.15, -0.1) is 12.5 Å². The molecule has 0 saturated heterocycles. The van der Waals surface area contributed by atoms with E-state index < -0.39 is 0 Å². The molecule has 0 fully saturated rings. The fraction of sp³-hybridized carbons (Fsp3) is 0.500. The van der Waals surface area contributed by atoms with Crippen LogP contribution < -0.4 is 0 Å². The molecule has 0 aromatic rings. The normalized spacial score (nSPS) is 13.4. The van der Waals surface area contributed by atoms with Gasteiger partial charge in [-0.05, 0) is 6.42 Å². The Hall–Kier alpha value is -0.318. The van der Waals surface area contributed by atoms with E-state index in [1.165, 1.54) is 17.9 Å². The first kappa shape index (κ1) is 16.1. The Kier molecular flexibility index (Phi) is 12.4. The molecule has 0 N–H and O–H groups in total. The van der Waals surface area contributed by atoms with Crippen molar-refractivity contribution in [1.82, 2.24) is 0 Å². The van der Waals surface area contributed by atoms with Crippen LogP contribution in [0.4, 0.5) is 0 Å². The molecular formula is C12H20NRe-. The van der Waals surface area contributed by atoms with Gasteiger partial charge in [-0.1, -0.05) is 33.4 Å². The van der Waals surface area contributed by atoms with Crippen molar-refractivity contribution in [2.45, 2.75) is 40.5 Å². The van der Waals surface area contributed by atoms with Gasteiger partial charge < -0.3 is 0 Å². The molecule has 2 heteroatoms. The van der Waals surface area contributed by atoms with Crippen LogP contribution in [-0.4, -0.2) is 6.21 Å². The number of nitrogens with zero attached hydrogens (tertiary/aromatic N) is 1. The molecule has 1 aliphatic heterocycles. The fourth-order valence-electron chi connectivity index (χ4n) is 1.01. The largest absolute Gasteiger partial charge is 0.285 e. The average molecular weight is 365 g/mol. The Labute approximate surface area is 102 Å². The zero-order chi connectivity index (χ0) is 10.1. The summed E-state index contributed by atoms with van der Waals surface area (Å²) in [7, 11) is 0. The Bertz CT molecular complexity index is 204. The van der Waals surface area contributed by atoms with Crippen molar-refractivity contribution in [3.63, 3.8) is 0 Å². The van der Waals surface area contributed by atoms with Crippen molar-refractivity contribution in [3.8, 4) is 0 Å². The summed E-state index contributed by atoms with van der Waals surface area (Å²) < 4.78 is 0. The number of rotatable bonds is 2. The predicted molar refractivity (Wildman–Crippen MR) is 60.9 cm³/mol. The molecule has 1 rings (SSSR count). The van der Waals surface area contributed by atoms with Crippen LogP contribution in [0.2, 0.25) is 0 Å². The van der Waals surface area contributed by atoms with Crippen molar-refractivity contribution in [2.24, 2.45) is 4.99 Å². The van der Waals surface area contributed by atoms with Gasteiger partial charge in [0.15, 0.2) is 0 Å². The Morgan fingerprint density at radius 2 is 2.00 bits per heavy atom. The van der Waals surface area contributed by atoms with Gasteiger partial charge in [0, 0.05) is 26.6 Å². The first-order valence-corrected chi connectivity index (χ1v) is 5.07. The van der Waals surface area contributed by atoms with E-state index >= 15 is 0 Å². The summed E-state index contributed by atoms with van der Waals surface area (Å²) in [5.74, 6) is 1.22. The van der Waals surface area contributed by atoms with Gasteiger partial charge in [0.05, 0.1) is 0 Å². The van der Waals surface area contributed by atoms with Crippen LogP contribution in [0.5, 0.6) is 0 Å². The molecule has 0 aliphatic carbocycles. The zero-order valence-electron chi connectivity index (χ0n) is 9.55. The van der Waals surface area contributed by atoms with Crippen LogP contribution >= 0.6 is 0 Å². The van der Waals surface area contributed by atoms with Gasteiger partial charge in [0.25, 0.3) is 0 Å². The van der Waals surface area contributed by atoms with Crippen LogP contribution in [0.1, 0.15) is 40.5 Å². The van der Waals surface area contributed by atoms with Crippen molar-refractivity contribution >= 4 is 6.21 Å². The monoisotopic (exact) mass is 365 g/mol. The second-order valence-corrected chi connectivity index (χ2v) is 2.81. The Balaban J connectivity index is 0. The van der Waals surface area contributed by atoms with E-state index in [4.69, 9.17) is 0 Å². The van der Waals surface area contributed by atoms with E-state index in [1.54, 1.807) is 0 Å². The summed E-state index contributed by atoms with van der Waals surface area (Å²) in [6, 6.07) is 0. The van der Waals surface area contributed by atoms with Crippen molar-refractivity contribution in [2.75, 3.05) is 0 Å². The van der Waals surface area contributed by atoms with Gasteiger partial charge in [-0.2, -0.15) is 5.92 Å². The quantitative estimate of drug-likeness (QED) is 0.659. The van der Waals surface area contributed by atoms with Gasteiger partial charge in [0.1, 0.15) is 0 Å². The number of hydrogen-bond donors (Lipinski definition) is 0. The molecule has 0 spiro atoms. The van der Waals surface area contributed by atoms with E-state index in [0.29, 0.717) is 0 Å². The van der Waals surface area contributed by atoms with Crippen LogP contribution in [0.15, 0.2) is 28.9 Å². The summed E-state index contributed by atoms with van der Waals surface area (Å²) in [6.07, 6.45) is 10.4. The molecule has 1 radical (unpaired) electrons. The fourth-order valence-corrected chi connectivity index (χ4v) is 1.01. The minimum atomic E-state index is 0. The van der Waals surface area contributed by atoms with E-state index in [9.17, 15) is 0 Å². The number of aliphatic imine (C=N–C) groups is 1. The molecule has 0 aromatic heterocycles. The van der Waals surface area contributed by atoms with E-state index in [1.807, 2.05) is 26.3 Å². The molecule has 0 bridgehead atoms. The number of allylic oxidation sites excluding steroid dienone is 3. The smallest absolute Gasteiger partial charge is 0.0104 e. The average Bonchev–Trinajstić information content (AvgIpc) is 2.36. The number of hydrogen-bond acceptors (Lipinski definition) is 1. The van der Waals surface area contributed by atoms with Gasteiger partial charge in [0.2, 0.25) is 0 Å². The van der Waals surface area contributed by atoms with E-state index in [2.05, 4.69) is 31.0 Å². The van der Waals surface area contributed by atoms with Gasteiger partial charge in [-0.25, -0.2) is 12.2 Å². The Morgan fingerprint density at radius 1 is 1.36 bits per heavy atom. The molecule has 0 unspecified atom stereocenters. The summed E-state index contributed by atoms with van der Waals surface area (Å²) in [5, 5.41) is 0. The second kappa shape index (κ2) is 10.8. The SMILES string of the molecule is CC.CCCC1=CN=C[C-](C)C=C1.[Re]. The van der Waals surface area contributed by atoms with E-state index in [-0.39, 0.29) is 20.4 Å². The summed E-state index contributed by atoms with van der Waals surface area (Å²) in [6.45, 7) is 8.24. The summed E-state index contributed by atoms with van der Waals surface area (Å²) in [4.78, 5) is 4.17. The third-order valence-corrected chi connectivity index (χ3v) is 1.62. The third-order valence-electron chi connectivity index (χ3n) is 1.62. The maximum absolute atomic E-state index is 4.17. The molecule has 0 atom stereocenters. The Morgan fingerprint density at radius 3 is 2.57 bits per heavy atom. The molecule has 1 heterocycles. The maximum atomic E-state index is 4.17. The summed E-state index contributed by atoms with van der Waals surface area (Å²) in [5.41, 5.74) is 1.32. The van der Waals surface area contributed by atoms with Crippen molar-refractivity contribution < 1.29 is 20.4 Å². The van der Waals surface area contributed by atoms with Crippen molar-refractivity contribution in [1.29, 1.82) is 0 Å². The first-order chi connectivity index (χ1) is 6.33. The molecule has 14 heavy (non-hydrogen) atoms. The molecule has 1 aliphatic rings. The minimum Gasteiger partial charge on any atom is -0.285 e. The molecule has 81 valence electrons. The molecule has 0 amide bonds. The molecular weight excluding hydrogens is 344 g/mol. The van der Waals surface area contributed by atoms with Crippen molar-refractivity contribution in [3.05, 3.63) is 29.8 Å². The first-order valence-electron chi connectivity index (χ1n) is 5.07. The topological polar surface area (TPSA) is 12.4 Å². The zero-order valence-corrected chi connectivity index (χ0v) is 12.3. The predicted octanol–water partition coefficient (Wildman–Crippen LogP) is 3.93. The molecule has 1 nitrogen and oxygen atoms in total. The third kappa shape index (κ3) is 7.12. The van der Waals surface area contributed by atoms with E-state index in [0.717, 1.165) is 6.42 Å². The molecule has 0 saturated carbocycles. The van der Waals surface area contributed by atoms with Crippen LogP contribution in [0, 0.1) is 5.92 Å².